The van der Waals surface area contributed by atoms with Gasteiger partial charge in [0.15, 0.2) is 0 Å². The highest BCUT2D eigenvalue weighted by Gasteiger charge is 2.13. The largest absolute Gasteiger partial charge is 0.326 e. The van der Waals surface area contributed by atoms with Gasteiger partial charge < -0.3 is 5.73 Å². The second-order valence-electron chi connectivity index (χ2n) is 3.41. The molecule has 0 aliphatic heterocycles. The van der Waals surface area contributed by atoms with E-state index in [9.17, 15) is 0 Å². The van der Waals surface area contributed by atoms with Crippen LogP contribution < -0.4 is 5.73 Å². The Hall–Kier alpha value is -0.380. The summed E-state index contributed by atoms with van der Waals surface area (Å²) in [5.41, 5.74) is 5.60. The number of hydrogen-bond donors (Lipinski definition) is 1. The highest BCUT2D eigenvalue weighted by atomic mass is 32.1. The summed E-state index contributed by atoms with van der Waals surface area (Å²) in [5, 5.41) is 0. The Morgan fingerprint density at radius 1 is 1.36 bits per heavy atom. The molecule has 80 valence electrons. The molecule has 0 aliphatic carbocycles. The first-order chi connectivity index (χ1) is 6.72. The van der Waals surface area contributed by atoms with Crippen LogP contribution in [0, 0.1) is 0 Å². The van der Waals surface area contributed by atoms with Crippen LogP contribution in [0.3, 0.4) is 0 Å². The Labute approximate surface area is 90.7 Å². The number of thiophene rings is 1. The predicted molar refractivity (Wildman–Crippen MR) is 63.5 cm³/mol. The third-order valence-corrected chi connectivity index (χ3v) is 3.93. The molecule has 0 bridgehead atoms. The summed E-state index contributed by atoms with van der Waals surface area (Å²) in [4.78, 5) is 5.15. The molecule has 0 amide bonds. The molecule has 0 aromatic carbocycles. The topological polar surface area (TPSA) is 29.3 Å². The van der Waals surface area contributed by atoms with Gasteiger partial charge in [0.05, 0.1) is 0 Å². The van der Waals surface area contributed by atoms with Crippen molar-refractivity contribution in [2.45, 2.75) is 33.4 Å². The van der Waals surface area contributed by atoms with Crippen molar-refractivity contribution in [3.63, 3.8) is 0 Å². The van der Waals surface area contributed by atoms with Crippen LogP contribution in [0.5, 0.6) is 0 Å². The summed E-state index contributed by atoms with van der Waals surface area (Å²) in [6, 6.07) is 4.87. The Morgan fingerprint density at radius 2 is 2.00 bits per heavy atom. The molecule has 3 heteroatoms. The minimum absolute atomic E-state index is 0.523. The average molecular weight is 212 g/mol. The lowest BCUT2D eigenvalue weighted by molar-refractivity contribution is 0.237. The van der Waals surface area contributed by atoms with Gasteiger partial charge in [0, 0.05) is 22.3 Å². The van der Waals surface area contributed by atoms with E-state index in [0.717, 1.165) is 13.1 Å². The molecule has 1 unspecified atom stereocenters. The van der Waals surface area contributed by atoms with E-state index in [2.05, 4.69) is 37.8 Å². The highest BCUT2D eigenvalue weighted by Crippen LogP contribution is 2.26. The highest BCUT2D eigenvalue weighted by molar-refractivity contribution is 7.12. The molecule has 2 N–H and O–H groups in total. The average Bonchev–Trinajstić information content (AvgIpc) is 2.67. The smallest absolute Gasteiger partial charge is 0.0413 e. The summed E-state index contributed by atoms with van der Waals surface area (Å²) in [6.07, 6.45) is 0. The van der Waals surface area contributed by atoms with Crippen LogP contribution in [0.25, 0.3) is 0 Å². The second kappa shape index (κ2) is 5.49. The first-order valence-corrected chi connectivity index (χ1v) is 6.07. The molecule has 0 spiro atoms. The van der Waals surface area contributed by atoms with E-state index in [4.69, 9.17) is 5.73 Å². The summed E-state index contributed by atoms with van der Waals surface area (Å²) >= 11 is 1.83. The molecule has 2 nitrogen and oxygen atoms in total. The molecule has 1 aromatic rings. The molecule has 14 heavy (non-hydrogen) atoms. The van der Waals surface area contributed by atoms with Crippen molar-refractivity contribution >= 4 is 11.3 Å². The van der Waals surface area contributed by atoms with Gasteiger partial charge in [-0.3, -0.25) is 4.90 Å². The van der Waals surface area contributed by atoms with E-state index < -0.39 is 0 Å². The SMILES string of the molecule is CCN(CC)C(C)c1ccc(CN)s1. The van der Waals surface area contributed by atoms with Crippen molar-refractivity contribution in [3.05, 3.63) is 21.9 Å². The third-order valence-electron chi connectivity index (χ3n) is 2.66. The zero-order valence-electron chi connectivity index (χ0n) is 9.29. The van der Waals surface area contributed by atoms with Crippen molar-refractivity contribution < 1.29 is 0 Å². The minimum atomic E-state index is 0.523. The lowest BCUT2D eigenvalue weighted by atomic mass is 10.2. The third kappa shape index (κ3) is 2.56. The Kier molecular flexibility index (Phi) is 4.58. The molecular formula is C11H20N2S. The molecular weight excluding hydrogens is 192 g/mol. The Balaban J connectivity index is 2.72. The molecule has 0 saturated carbocycles. The number of hydrogen-bond acceptors (Lipinski definition) is 3. The van der Waals surface area contributed by atoms with Crippen LogP contribution in [-0.2, 0) is 6.54 Å². The fraction of sp³-hybridized carbons (Fsp3) is 0.636. The minimum Gasteiger partial charge on any atom is -0.326 e. The fourth-order valence-electron chi connectivity index (χ4n) is 1.68. The Morgan fingerprint density at radius 3 is 2.43 bits per heavy atom. The lowest BCUT2D eigenvalue weighted by Gasteiger charge is -2.25. The van der Waals surface area contributed by atoms with E-state index in [1.165, 1.54) is 9.75 Å². The van der Waals surface area contributed by atoms with Gasteiger partial charge in [0.2, 0.25) is 0 Å². The lowest BCUT2D eigenvalue weighted by Crippen LogP contribution is -2.25. The van der Waals surface area contributed by atoms with E-state index in [-0.39, 0.29) is 0 Å². The van der Waals surface area contributed by atoms with Gasteiger partial charge in [-0.1, -0.05) is 13.8 Å². The summed E-state index contributed by atoms with van der Waals surface area (Å²) in [5.74, 6) is 0. The van der Waals surface area contributed by atoms with Crippen LogP contribution in [0.4, 0.5) is 0 Å². The van der Waals surface area contributed by atoms with Crippen LogP contribution >= 0.6 is 11.3 Å². The molecule has 1 atom stereocenters. The van der Waals surface area contributed by atoms with Crippen molar-refractivity contribution in [3.8, 4) is 0 Å². The molecule has 1 heterocycles. The first-order valence-electron chi connectivity index (χ1n) is 5.25. The van der Waals surface area contributed by atoms with Crippen LogP contribution in [0.2, 0.25) is 0 Å². The summed E-state index contributed by atoms with van der Waals surface area (Å²) < 4.78 is 0. The maximum atomic E-state index is 5.60. The summed E-state index contributed by atoms with van der Waals surface area (Å²) in [6.45, 7) is 9.55. The molecule has 1 rings (SSSR count). The molecule has 0 radical (unpaired) electrons. The van der Waals surface area contributed by atoms with Gasteiger partial charge in [0.1, 0.15) is 0 Å². The number of rotatable bonds is 5. The number of nitrogens with two attached hydrogens (primary N) is 1. The molecule has 0 aliphatic rings. The second-order valence-corrected chi connectivity index (χ2v) is 4.61. The van der Waals surface area contributed by atoms with Crippen LogP contribution in [-0.4, -0.2) is 18.0 Å². The van der Waals surface area contributed by atoms with E-state index in [0.29, 0.717) is 12.6 Å². The van der Waals surface area contributed by atoms with Gasteiger partial charge in [-0.25, -0.2) is 0 Å². The van der Waals surface area contributed by atoms with Gasteiger partial charge in [0.25, 0.3) is 0 Å². The molecule has 0 saturated heterocycles. The van der Waals surface area contributed by atoms with Crippen LogP contribution in [0.15, 0.2) is 12.1 Å². The summed E-state index contributed by atoms with van der Waals surface area (Å²) in [7, 11) is 0. The standard InChI is InChI=1S/C11H20N2S/c1-4-13(5-2)9(3)11-7-6-10(8-12)14-11/h6-7,9H,4-5,8,12H2,1-3H3. The van der Waals surface area contributed by atoms with Crippen molar-refractivity contribution in [1.82, 2.24) is 4.90 Å². The zero-order chi connectivity index (χ0) is 10.6. The van der Waals surface area contributed by atoms with Gasteiger partial charge in [-0.05, 0) is 32.1 Å². The quantitative estimate of drug-likeness (QED) is 0.813. The van der Waals surface area contributed by atoms with E-state index >= 15 is 0 Å². The zero-order valence-corrected chi connectivity index (χ0v) is 10.1. The van der Waals surface area contributed by atoms with Crippen LogP contribution in [0.1, 0.15) is 36.6 Å². The molecule has 0 fully saturated rings. The number of nitrogens with zero attached hydrogens (tertiary/aromatic N) is 1. The predicted octanol–water partition coefficient (Wildman–Crippen LogP) is 2.61. The Bertz CT molecular complexity index is 266. The van der Waals surface area contributed by atoms with Crippen molar-refractivity contribution in [2.75, 3.05) is 13.1 Å². The maximum Gasteiger partial charge on any atom is 0.0413 e. The van der Waals surface area contributed by atoms with Gasteiger partial charge in [-0.15, -0.1) is 11.3 Å². The van der Waals surface area contributed by atoms with E-state index in [1.54, 1.807) is 0 Å². The van der Waals surface area contributed by atoms with E-state index in [1.807, 2.05) is 11.3 Å². The van der Waals surface area contributed by atoms with Gasteiger partial charge in [-0.2, -0.15) is 0 Å². The monoisotopic (exact) mass is 212 g/mol. The first kappa shape index (κ1) is 11.7. The van der Waals surface area contributed by atoms with Crippen molar-refractivity contribution in [2.24, 2.45) is 5.73 Å². The molecule has 1 aromatic heterocycles. The van der Waals surface area contributed by atoms with Crippen molar-refractivity contribution in [1.29, 1.82) is 0 Å². The normalized spacial score (nSPS) is 13.5. The van der Waals surface area contributed by atoms with Gasteiger partial charge >= 0.3 is 0 Å². The maximum absolute atomic E-state index is 5.60. The fourth-order valence-corrected chi connectivity index (χ4v) is 2.66.